The van der Waals surface area contributed by atoms with Gasteiger partial charge in [0.25, 0.3) is 0 Å². The molecule has 2 aromatic rings. The highest BCUT2D eigenvalue weighted by molar-refractivity contribution is 5.83. The molecular weight excluding hydrogens is 250 g/mol. The standard InChI is InChI=1S/C17H21NO2/c1-4-5-6-13-7-8-16-15(10-13)12(2)9-14(18-16)11-17(19)20-3/h7-10H,4-6,11H2,1-3H3. The number of carbonyl (C=O) groups is 1. The maximum atomic E-state index is 11.3. The first-order chi connectivity index (χ1) is 9.63. The minimum atomic E-state index is -0.254. The molecule has 0 bridgehead atoms. The molecule has 0 atom stereocenters. The van der Waals surface area contributed by atoms with Crippen LogP contribution < -0.4 is 0 Å². The third-order valence-electron chi connectivity index (χ3n) is 3.51. The van der Waals surface area contributed by atoms with Gasteiger partial charge in [-0.3, -0.25) is 9.78 Å². The Morgan fingerprint density at radius 2 is 2.10 bits per heavy atom. The van der Waals surface area contributed by atoms with Crippen molar-refractivity contribution in [1.29, 1.82) is 0 Å². The van der Waals surface area contributed by atoms with Crippen molar-refractivity contribution in [2.24, 2.45) is 0 Å². The number of hydrogen-bond donors (Lipinski definition) is 0. The molecular formula is C17H21NO2. The van der Waals surface area contributed by atoms with E-state index in [9.17, 15) is 4.79 Å². The van der Waals surface area contributed by atoms with Gasteiger partial charge in [0.15, 0.2) is 0 Å². The largest absolute Gasteiger partial charge is 0.469 e. The first-order valence-corrected chi connectivity index (χ1v) is 7.10. The minimum Gasteiger partial charge on any atom is -0.469 e. The van der Waals surface area contributed by atoms with E-state index in [1.807, 2.05) is 12.1 Å². The van der Waals surface area contributed by atoms with Crippen LogP contribution in [0, 0.1) is 6.92 Å². The maximum absolute atomic E-state index is 11.3. The lowest BCUT2D eigenvalue weighted by Gasteiger charge is -2.08. The SMILES string of the molecule is CCCCc1ccc2nc(CC(=O)OC)cc(C)c2c1. The van der Waals surface area contributed by atoms with Gasteiger partial charge in [-0.25, -0.2) is 0 Å². The lowest BCUT2D eigenvalue weighted by Crippen LogP contribution is -2.06. The number of pyridine rings is 1. The van der Waals surface area contributed by atoms with Crippen molar-refractivity contribution in [3.05, 3.63) is 41.1 Å². The van der Waals surface area contributed by atoms with Gasteiger partial charge in [0, 0.05) is 5.39 Å². The summed E-state index contributed by atoms with van der Waals surface area (Å²) in [7, 11) is 1.40. The molecule has 1 heterocycles. The summed E-state index contributed by atoms with van der Waals surface area (Å²) in [4.78, 5) is 15.9. The summed E-state index contributed by atoms with van der Waals surface area (Å²) >= 11 is 0. The number of rotatable bonds is 5. The van der Waals surface area contributed by atoms with Crippen molar-refractivity contribution in [3.63, 3.8) is 0 Å². The molecule has 1 aromatic carbocycles. The smallest absolute Gasteiger partial charge is 0.311 e. The molecule has 0 amide bonds. The Morgan fingerprint density at radius 3 is 2.80 bits per heavy atom. The van der Waals surface area contributed by atoms with Crippen LogP contribution >= 0.6 is 0 Å². The van der Waals surface area contributed by atoms with Gasteiger partial charge in [0.1, 0.15) is 0 Å². The van der Waals surface area contributed by atoms with Crippen molar-refractivity contribution in [2.75, 3.05) is 7.11 Å². The fraction of sp³-hybridized carbons (Fsp3) is 0.412. The molecule has 20 heavy (non-hydrogen) atoms. The minimum absolute atomic E-state index is 0.227. The summed E-state index contributed by atoms with van der Waals surface area (Å²) in [5.41, 5.74) is 4.23. The van der Waals surface area contributed by atoms with E-state index in [0.29, 0.717) is 0 Å². The second-order valence-electron chi connectivity index (χ2n) is 5.14. The van der Waals surface area contributed by atoms with Crippen molar-refractivity contribution in [1.82, 2.24) is 4.98 Å². The number of nitrogens with zero attached hydrogens (tertiary/aromatic N) is 1. The first kappa shape index (κ1) is 14.5. The van der Waals surface area contributed by atoms with E-state index in [-0.39, 0.29) is 12.4 Å². The second-order valence-corrected chi connectivity index (χ2v) is 5.14. The molecule has 2 rings (SSSR count). The van der Waals surface area contributed by atoms with Gasteiger partial charge in [-0.1, -0.05) is 19.4 Å². The molecule has 0 aliphatic carbocycles. The molecule has 0 saturated heterocycles. The Bertz CT molecular complexity index is 620. The molecule has 0 radical (unpaired) electrons. The van der Waals surface area contributed by atoms with Crippen LogP contribution in [0.5, 0.6) is 0 Å². The van der Waals surface area contributed by atoms with Crippen LogP contribution in [0.15, 0.2) is 24.3 Å². The van der Waals surface area contributed by atoms with E-state index in [1.54, 1.807) is 0 Å². The summed E-state index contributed by atoms with van der Waals surface area (Å²) in [6, 6.07) is 8.37. The molecule has 0 aliphatic heterocycles. The number of unbranched alkanes of at least 4 members (excludes halogenated alkanes) is 1. The predicted octanol–water partition coefficient (Wildman–Crippen LogP) is 3.60. The molecule has 0 fully saturated rings. The number of hydrogen-bond acceptors (Lipinski definition) is 3. The van der Waals surface area contributed by atoms with Crippen molar-refractivity contribution >= 4 is 16.9 Å². The number of methoxy groups -OCH3 is 1. The van der Waals surface area contributed by atoms with Crippen LogP contribution in [0.25, 0.3) is 10.9 Å². The number of fused-ring (bicyclic) bond motifs is 1. The van der Waals surface area contributed by atoms with Crippen molar-refractivity contribution in [2.45, 2.75) is 39.5 Å². The number of carbonyl (C=O) groups excluding carboxylic acids is 1. The lowest BCUT2D eigenvalue weighted by atomic mass is 10.0. The van der Waals surface area contributed by atoms with Gasteiger partial charge in [-0.15, -0.1) is 0 Å². The second kappa shape index (κ2) is 6.51. The van der Waals surface area contributed by atoms with Gasteiger partial charge < -0.3 is 4.74 Å². The normalized spacial score (nSPS) is 10.8. The van der Waals surface area contributed by atoms with E-state index >= 15 is 0 Å². The molecule has 3 heteroatoms. The number of aryl methyl sites for hydroxylation is 2. The highest BCUT2D eigenvalue weighted by atomic mass is 16.5. The Kier molecular flexibility index (Phi) is 4.72. The van der Waals surface area contributed by atoms with Gasteiger partial charge in [0.2, 0.25) is 0 Å². The number of aromatic nitrogens is 1. The summed E-state index contributed by atoms with van der Waals surface area (Å²) in [5.74, 6) is -0.254. The zero-order valence-corrected chi connectivity index (χ0v) is 12.4. The highest BCUT2D eigenvalue weighted by Gasteiger charge is 2.08. The van der Waals surface area contributed by atoms with E-state index in [1.165, 1.54) is 30.9 Å². The third kappa shape index (κ3) is 3.35. The van der Waals surface area contributed by atoms with Crippen LogP contribution in [0.4, 0.5) is 0 Å². The van der Waals surface area contributed by atoms with Gasteiger partial charge in [-0.2, -0.15) is 0 Å². The zero-order valence-electron chi connectivity index (χ0n) is 12.4. The van der Waals surface area contributed by atoms with Gasteiger partial charge in [0.05, 0.1) is 24.7 Å². The van der Waals surface area contributed by atoms with Crippen LogP contribution in [0.1, 0.15) is 36.6 Å². The molecule has 0 saturated carbocycles. The summed E-state index contributed by atoms with van der Waals surface area (Å²) < 4.78 is 4.69. The quantitative estimate of drug-likeness (QED) is 0.780. The van der Waals surface area contributed by atoms with Crippen LogP contribution in [-0.4, -0.2) is 18.1 Å². The summed E-state index contributed by atoms with van der Waals surface area (Å²) in [6.07, 6.45) is 3.74. The molecule has 106 valence electrons. The topological polar surface area (TPSA) is 39.2 Å². The molecule has 0 N–H and O–H groups in total. The fourth-order valence-corrected chi connectivity index (χ4v) is 2.36. The predicted molar refractivity (Wildman–Crippen MR) is 80.8 cm³/mol. The van der Waals surface area contributed by atoms with Gasteiger partial charge >= 0.3 is 5.97 Å². The lowest BCUT2D eigenvalue weighted by molar-refractivity contribution is -0.139. The molecule has 0 aliphatic rings. The van der Waals surface area contributed by atoms with Gasteiger partial charge in [-0.05, 0) is 49.1 Å². The van der Waals surface area contributed by atoms with Crippen molar-refractivity contribution in [3.8, 4) is 0 Å². The maximum Gasteiger partial charge on any atom is 0.311 e. The van der Waals surface area contributed by atoms with Crippen LogP contribution in [0.2, 0.25) is 0 Å². The van der Waals surface area contributed by atoms with E-state index in [0.717, 1.165) is 23.2 Å². The molecule has 0 spiro atoms. The zero-order chi connectivity index (χ0) is 14.5. The monoisotopic (exact) mass is 271 g/mol. The molecule has 3 nitrogen and oxygen atoms in total. The average Bonchev–Trinajstić information content (AvgIpc) is 2.45. The van der Waals surface area contributed by atoms with E-state index < -0.39 is 0 Å². The molecule has 1 aromatic heterocycles. The van der Waals surface area contributed by atoms with Crippen LogP contribution in [0.3, 0.4) is 0 Å². The third-order valence-corrected chi connectivity index (χ3v) is 3.51. The first-order valence-electron chi connectivity index (χ1n) is 7.10. The number of benzene rings is 1. The summed E-state index contributed by atoms with van der Waals surface area (Å²) in [5, 5.41) is 1.17. The number of ether oxygens (including phenoxy) is 1. The fourth-order valence-electron chi connectivity index (χ4n) is 2.36. The Hall–Kier alpha value is -1.90. The van der Waals surface area contributed by atoms with E-state index in [2.05, 4.69) is 31.0 Å². The Labute approximate surface area is 120 Å². The Morgan fingerprint density at radius 1 is 1.30 bits per heavy atom. The number of esters is 1. The highest BCUT2D eigenvalue weighted by Crippen LogP contribution is 2.21. The average molecular weight is 271 g/mol. The molecule has 0 unspecified atom stereocenters. The Balaban J connectivity index is 2.34. The van der Waals surface area contributed by atoms with Crippen LogP contribution in [-0.2, 0) is 22.4 Å². The van der Waals surface area contributed by atoms with E-state index in [4.69, 9.17) is 4.74 Å². The summed E-state index contributed by atoms with van der Waals surface area (Å²) in [6.45, 7) is 4.27. The van der Waals surface area contributed by atoms with Crippen molar-refractivity contribution < 1.29 is 9.53 Å².